The fourth-order valence-corrected chi connectivity index (χ4v) is 3.36. The van der Waals surface area contributed by atoms with Gasteiger partial charge in [-0.15, -0.1) is 11.3 Å². The van der Waals surface area contributed by atoms with Gasteiger partial charge >= 0.3 is 12.1 Å². The Labute approximate surface area is 133 Å². The number of carbonyl (C=O) groups is 1. The Morgan fingerprint density at radius 3 is 2.39 bits per heavy atom. The second-order valence-corrected chi connectivity index (χ2v) is 6.75. The van der Waals surface area contributed by atoms with Gasteiger partial charge in [-0.2, -0.15) is 18.2 Å². The molecular formula is C12H9F3N2O4S2. The van der Waals surface area contributed by atoms with Crippen LogP contribution in [0.4, 0.5) is 18.3 Å². The molecule has 0 spiro atoms. The maximum atomic E-state index is 12.5. The summed E-state index contributed by atoms with van der Waals surface area (Å²) in [6.07, 6.45) is -4.55. The van der Waals surface area contributed by atoms with Crippen molar-refractivity contribution in [1.29, 1.82) is 0 Å². The summed E-state index contributed by atoms with van der Waals surface area (Å²) in [7, 11) is -4.10. The van der Waals surface area contributed by atoms with Crippen LogP contribution in [-0.2, 0) is 21.0 Å². The van der Waals surface area contributed by atoms with Gasteiger partial charge in [-0.1, -0.05) is 0 Å². The summed E-state index contributed by atoms with van der Waals surface area (Å²) in [5.74, 6) is -0.694. The zero-order valence-electron chi connectivity index (χ0n) is 11.4. The Balaban J connectivity index is 2.18. The number of hydrogen-bond donors (Lipinski definition) is 1. The molecule has 124 valence electrons. The molecule has 0 amide bonds. The molecule has 0 atom stereocenters. The SMILES string of the molecule is CC(=O)Oc1csc(NS(=O)(=O)c2ccc(C(F)(F)F)cc2)n1. The molecule has 1 N–H and O–H groups in total. The monoisotopic (exact) mass is 366 g/mol. The van der Waals surface area contributed by atoms with Crippen molar-refractivity contribution in [3.05, 3.63) is 35.2 Å². The van der Waals surface area contributed by atoms with E-state index in [0.29, 0.717) is 12.1 Å². The lowest BCUT2D eigenvalue weighted by Gasteiger charge is -2.08. The highest BCUT2D eigenvalue weighted by atomic mass is 32.2. The van der Waals surface area contributed by atoms with E-state index in [1.54, 1.807) is 0 Å². The lowest BCUT2D eigenvalue weighted by molar-refractivity contribution is -0.137. The number of rotatable bonds is 4. The van der Waals surface area contributed by atoms with Crippen molar-refractivity contribution in [3.8, 4) is 5.88 Å². The van der Waals surface area contributed by atoms with Crippen molar-refractivity contribution in [2.45, 2.75) is 18.0 Å². The topological polar surface area (TPSA) is 85.4 Å². The fraction of sp³-hybridized carbons (Fsp3) is 0.167. The lowest BCUT2D eigenvalue weighted by atomic mass is 10.2. The lowest BCUT2D eigenvalue weighted by Crippen LogP contribution is -2.13. The molecule has 0 aliphatic rings. The van der Waals surface area contributed by atoms with E-state index < -0.39 is 27.7 Å². The molecule has 0 bridgehead atoms. The van der Waals surface area contributed by atoms with Crippen LogP contribution in [0.2, 0.25) is 0 Å². The Morgan fingerprint density at radius 2 is 1.87 bits per heavy atom. The van der Waals surface area contributed by atoms with Gasteiger partial charge in [-0.25, -0.2) is 8.42 Å². The van der Waals surface area contributed by atoms with Crippen molar-refractivity contribution in [1.82, 2.24) is 4.98 Å². The summed E-state index contributed by atoms with van der Waals surface area (Å²) < 4.78 is 68.2. The zero-order valence-corrected chi connectivity index (χ0v) is 13.1. The number of nitrogens with zero attached hydrogens (tertiary/aromatic N) is 1. The molecule has 0 aliphatic carbocycles. The first-order valence-electron chi connectivity index (χ1n) is 5.92. The summed E-state index contributed by atoms with van der Waals surface area (Å²) >= 11 is 0.862. The standard InChI is InChI=1S/C12H9F3N2O4S2/c1-7(18)21-10-6-22-11(16-10)17-23(19,20)9-4-2-8(3-5-9)12(13,14)15/h2-6H,1H3,(H,16,17). The second-order valence-electron chi connectivity index (χ2n) is 4.21. The molecule has 2 rings (SSSR count). The molecule has 1 aromatic carbocycles. The van der Waals surface area contributed by atoms with Gasteiger partial charge in [0.05, 0.1) is 15.8 Å². The number of thiazole rings is 1. The Morgan fingerprint density at radius 1 is 1.26 bits per heavy atom. The summed E-state index contributed by atoms with van der Waals surface area (Å²) in [5, 5.41) is 1.23. The number of nitrogens with one attached hydrogen (secondary N) is 1. The summed E-state index contributed by atoms with van der Waals surface area (Å²) in [6, 6.07) is 3.01. The number of aromatic nitrogens is 1. The van der Waals surface area contributed by atoms with Crippen LogP contribution in [0.1, 0.15) is 12.5 Å². The summed E-state index contributed by atoms with van der Waals surface area (Å²) in [4.78, 5) is 14.1. The Kier molecular flexibility index (Phi) is 4.61. The number of sulfonamides is 1. The minimum absolute atomic E-state index is 0.0763. The van der Waals surface area contributed by atoms with E-state index in [2.05, 4.69) is 14.4 Å². The van der Waals surface area contributed by atoms with Crippen LogP contribution in [0.3, 0.4) is 0 Å². The molecule has 0 saturated heterocycles. The average Bonchev–Trinajstić information content (AvgIpc) is 2.83. The van der Waals surface area contributed by atoms with Crippen molar-refractivity contribution in [2.24, 2.45) is 0 Å². The first-order chi connectivity index (χ1) is 10.6. The number of benzene rings is 1. The average molecular weight is 366 g/mol. The van der Waals surface area contributed by atoms with Crippen molar-refractivity contribution < 1.29 is 31.1 Å². The van der Waals surface area contributed by atoms with Gasteiger partial charge in [0.1, 0.15) is 0 Å². The molecule has 23 heavy (non-hydrogen) atoms. The van der Waals surface area contributed by atoms with E-state index in [1.165, 1.54) is 5.38 Å². The molecule has 0 unspecified atom stereocenters. The second kappa shape index (κ2) is 6.16. The first kappa shape index (κ1) is 17.2. The normalized spacial score (nSPS) is 12.0. The Hall–Kier alpha value is -2.14. The minimum atomic E-state index is -4.55. The van der Waals surface area contributed by atoms with E-state index in [1.807, 2.05) is 0 Å². The highest BCUT2D eigenvalue weighted by Gasteiger charge is 2.30. The van der Waals surface area contributed by atoms with Crippen LogP contribution in [0.15, 0.2) is 34.5 Å². The van der Waals surface area contributed by atoms with Gasteiger partial charge in [0.15, 0.2) is 5.13 Å². The number of carbonyl (C=O) groups excluding carboxylic acids is 1. The number of hydrogen-bond acceptors (Lipinski definition) is 6. The molecule has 6 nitrogen and oxygen atoms in total. The largest absolute Gasteiger partial charge is 0.416 e. The van der Waals surface area contributed by atoms with Crippen LogP contribution in [0.5, 0.6) is 5.88 Å². The van der Waals surface area contributed by atoms with Gasteiger partial charge < -0.3 is 4.74 Å². The van der Waals surface area contributed by atoms with Gasteiger partial charge in [0, 0.05) is 6.92 Å². The molecule has 0 saturated carbocycles. The zero-order chi connectivity index (χ0) is 17.3. The van der Waals surface area contributed by atoms with Gasteiger partial charge in [-0.3, -0.25) is 9.52 Å². The van der Waals surface area contributed by atoms with E-state index in [0.717, 1.165) is 30.4 Å². The molecule has 11 heteroatoms. The van der Waals surface area contributed by atoms with Crippen LogP contribution < -0.4 is 9.46 Å². The number of anilines is 1. The number of halogens is 3. The maximum absolute atomic E-state index is 12.5. The maximum Gasteiger partial charge on any atom is 0.416 e. The fourth-order valence-electron chi connectivity index (χ4n) is 1.50. The quantitative estimate of drug-likeness (QED) is 0.841. The minimum Gasteiger partial charge on any atom is -0.407 e. The van der Waals surface area contributed by atoms with E-state index >= 15 is 0 Å². The van der Waals surface area contributed by atoms with Crippen LogP contribution in [0.25, 0.3) is 0 Å². The van der Waals surface area contributed by atoms with E-state index in [4.69, 9.17) is 0 Å². The van der Waals surface area contributed by atoms with Crippen molar-refractivity contribution in [2.75, 3.05) is 4.72 Å². The summed E-state index contributed by atoms with van der Waals surface area (Å²) in [6.45, 7) is 1.16. The van der Waals surface area contributed by atoms with Gasteiger partial charge in [0.2, 0.25) is 5.88 Å². The van der Waals surface area contributed by atoms with Crippen molar-refractivity contribution >= 4 is 32.5 Å². The van der Waals surface area contributed by atoms with E-state index in [9.17, 15) is 26.4 Å². The van der Waals surface area contributed by atoms with Crippen LogP contribution in [0, 0.1) is 0 Å². The van der Waals surface area contributed by atoms with Crippen LogP contribution >= 0.6 is 11.3 Å². The third-order valence-electron chi connectivity index (χ3n) is 2.45. The number of esters is 1. The molecule has 2 aromatic rings. The number of alkyl halides is 3. The highest BCUT2D eigenvalue weighted by Crippen LogP contribution is 2.30. The summed E-state index contributed by atoms with van der Waals surface area (Å²) in [5.41, 5.74) is -0.956. The smallest absolute Gasteiger partial charge is 0.407 e. The van der Waals surface area contributed by atoms with E-state index in [-0.39, 0.29) is 15.9 Å². The third kappa shape index (κ3) is 4.42. The van der Waals surface area contributed by atoms with Crippen molar-refractivity contribution in [3.63, 3.8) is 0 Å². The molecule has 1 heterocycles. The van der Waals surface area contributed by atoms with Gasteiger partial charge in [-0.05, 0) is 24.3 Å². The molecule has 0 aliphatic heterocycles. The molecule has 0 radical (unpaired) electrons. The Bertz CT molecular complexity index is 814. The highest BCUT2D eigenvalue weighted by molar-refractivity contribution is 7.93. The molecular weight excluding hydrogens is 357 g/mol. The predicted molar refractivity (Wildman–Crippen MR) is 75.7 cm³/mol. The third-order valence-corrected chi connectivity index (χ3v) is 4.67. The number of ether oxygens (including phenoxy) is 1. The predicted octanol–water partition coefficient (Wildman–Crippen LogP) is 2.89. The van der Waals surface area contributed by atoms with Crippen LogP contribution in [-0.4, -0.2) is 19.4 Å². The molecule has 1 aromatic heterocycles. The first-order valence-corrected chi connectivity index (χ1v) is 8.28. The molecule has 0 fully saturated rings. The van der Waals surface area contributed by atoms with Gasteiger partial charge in [0.25, 0.3) is 10.0 Å².